The van der Waals surface area contributed by atoms with Gasteiger partial charge in [-0.25, -0.2) is 8.42 Å². The van der Waals surface area contributed by atoms with E-state index < -0.39 is 16.1 Å². The van der Waals surface area contributed by atoms with Gasteiger partial charge in [-0.3, -0.25) is 14.4 Å². The molecule has 42 heavy (non-hydrogen) atoms. The maximum absolute atomic E-state index is 13.7. The fraction of sp³-hybridized carbons (Fsp3) is 0.367. The van der Waals surface area contributed by atoms with E-state index in [0.29, 0.717) is 30.4 Å². The van der Waals surface area contributed by atoms with E-state index in [1.807, 2.05) is 32.2 Å². The molecule has 0 spiro atoms. The molecule has 5 rings (SSSR count). The lowest BCUT2D eigenvalue weighted by Crippen LogP contribution is -2.49. The molecule has 0 saturated heterocycles. The van der Waals surface area contributed by atoms with E-state index in [9.17, 15) is 18.3 Å². The van der Waals surface area contributed by atoms with Gasteiger partial charge in [-0.2, -0.15) is 0 Å². The zero-order valence-electron chi connectivity index (χ0n) is 23.6. The molecule has 10 nitrogen and oxygen atoms in total. The quantitative estimate of drug-likeness (QED) is 0.367. The van der Waals surface area contributed by atoms with Gasteiger partial charge in [0.25, 0.3) is 15.9 Å². The van der Waals surface area contributed by atoms with Crippen LogP contribution in [0.4, 0.5) is 5.69 Å². The Morgan fingerprint density at radius 2 is 1.79 bits per heavy atom. The van der Waals surface area contributed by atoms with Crippen molar-refractivity contribution in [3.63, 3.8) is 0 Å². The van der Waals surface area contributed by atoms with Crippen molar-refractivity contribution < 1.29 is 32.5 Å². The average molecular weight is 616 g/mol. The minimum Gasteiger partial charge on any atom is -0.488 e. The third kappa shape index (κ3) is 6.59. The van der Waals surface area contributed by atoms with Crippen molar-refractivity contribution in [3.05, 3.63) is 76.8 Å². The van der Waals surface area contributed by atoms with E-state index in [0.717, 1.165) is 17.1 Å². The summed E-state index contributed by atoms with van der Waals surface area (Å²) in [5.41, 5.74) is 1.48. The minimum atomic E-state index is -3.93. The molecule has 2 N–H and O–H groups in total. The predicted molar refractivity (Wildman–Crippen MR) is 159 cm³/mol. The van der Waals surface area contributed by atoms with Crippen molar-refractivity contribution in [1.82, 2.24) is 9.80 Å². The zero-order valence-corrected chi connectivity index (χ0v) is 25.2. The molecule has 0 saturated carbocycles. The highest BCUT2D eigenvalue weighted by Gasteiger charge is 2.34. The summed E-state index contributed by atoms with van der Waals surface area (Å²) in [5.74, 6) is 1.38. The summed E-state index contributed by atoms with van der Waals surface area (Å²) in [4.78, 5) is 17.5. The molecule has 0 unspecified atom stereocenters. The summed E-state index contributed by atoms with van der Waals surface area (Å²) < 4.78 is 45.9. The number of nitrogens with one attached hydrogen (secondary N) is 1. The van der Waals surface area contributed by atoms with E-state index in [-0.39, 0.29) is 47.5 Å². The molecule has 3 atom stereocenters. The van der Waals surface area contributed by atoms with Crippen LogP contribution in [-0.2, 0) is 16.6 Å². The predicted octanol–water partition coefficient (Wildman–Crippen LogP) is 4.22. The van der Waals surface area contributed by atoms with Gasteiger partial charge in [0.05, 0.1) is 23.1 Å². The third-order valence-electron chi connectivity index (χ3n) is 7.42. The number of nitrogens with zero attached hydrogens (tertiary/aromatic N) is 2. The van der Waals surface area contributed by atoms with Crippen molar-refractivity contribution in [1.29, 1.82) is 0 Å². The van der Waals surface area contributed by atoms with Crippen LogP contribution in [0.2, 0.25) is 5.02 Å². The maximum atomic E-state index is 13.7. The van der Waals surface area contributed by atoms with Crippen molar-refractivity contribution in [3.8, 4) is 17.2 Å². The lowest BCUT2D eigenvalue weighted by Gasteiger charge is -2.38. The first kappa shape index (κ1) is 30.0. The molecular weight excluding hydrogens is 582 g/mol. The summed E-state index contributed by atoms with van der Waals surface area (Å²) in [6.07, 6.45) is -0.305. The molecule has 3 aromatic rings. The Bertz CT molecular complexity index is 1550. The molecule has 2 heterocycles. The number of carbonyl (C=O) groups excluding carboxylic acids is 1. The topological polar surface area (TPSA) is 118 Å². The fourth-order valence-corrected chi connectivity index (χ4v) is 6.23. The lowest BCUT2D eigenvalue weighted by atomic mass is 9.99. The summed E-state index contributed by atoms with van der Waals surface area (Å²) >= 11 is 5.91. The number of ether oxygens (including phenoxy) is 3. The highest BCUT2D eigenvalue weighted by Crippen LogP contribution is 2.34. The maximum Gasteiger partial charge on any atom is 0.261 e. The molecule has 0 bridgehead atoms. The lowest BCUT2D eigenvalue weighted by molar-refractivity contribution is 0.0341. The number of anilines is 1. The Morgan fingerprint density at radius 3 is 2.52 bits per heavy atom. The highest BCUT2D eigenvalue weighted by molar-refractivity contribution is 7.92. The van der Waals surface area contributed by atoms with E-state index in [1.165, 1.54) is 30.3 Å². The number of hydrogen-bond donors (Lipinski definition) is 2. The number of carbonyl (C=O) groups is 1. The Kier molecular flexibility index (Phi) is 8.84. The fourth-order valence-electron chi connectivity index (χ4n) is 5.05. The monoisotopic (exact) mass is 615 g/mol. The Morgan fingerprint density at radius 1 is 1.07 bits per heavy atom. The van der Waals surface area contributed by atoms with Crippen LogP contribution >= 0.6 is 11.6 Å². The van der Waals surface area contributed by atoms with Crippen LogP contribution < -0.4 is 18.9 Å². The zero-order chi connectivity index (χ0) is 30.0. The molecule has 12 heteroatoms. The molecule has 0 fully saturated rings. The van der Waals surface area contributed by atoms with Crippen molar-refractivity contribution in [2.45, 2.75) is 37.4 Å². The summed E-state index contributed by atoms with van der Waals surface area (Å²) in [5, 5.41) is 10.4. The summed E-state index contributed by atoms with van der Waals surface area (Å²) in [6, 6.07) is 15.9. The van der Waals surface area contributed by atoms with Gasteiger partial charge in [0.2, 0.25) is 6.79 Å². The number of fused-ring (bicyclic) bond motifs is 2. The van der Waals surface area contributed by atoms with Crippen LogP contribution in [0, 0.1) is 5.92 Å². The van der Waals surface area contributed by atoms with Gasteiger partial charge in [0.15, 0.2) is 11.5 Å². The standard InChI is InChI=1S/C30H34ClN3O7S/c1-19-14-34(20(2)17-35)30(36)25-13-23(32-42(37,38)24-8-5-22(31)6-9-24)7-11-26(25)41-29(19)16-33(3)15-21-4-10-27-28(12-21)40-18-39-27/h4-13,19-20,29,32,35H,14-18H2,1-3H3/t19-,20+,29+/m0/s1. The Labute approximate surface area is 250 Å². The Balaban J connectivity index is 1.40. The SMILES string of the molecule is C[C@H](CO)N1C[C@H](C)[C@@H](CN(C)Cc2ccc3c(c2)OCO3)Oc2ccc(NS(=O)(=O)c3ccc(Cl)cc3)cc2C1=O. The van der Waals surface area contributed by atoms with Gasteiger partial charge >= 0.3 is 0 Å². The molecule has 0 aromatic heterocycles. The molecule has 2 aliphatic rings. The molecule has 3 aromatic carbocycles. The number of rotatable bonds is 9. The summed E-state index contributed by atoms with van der Waals surface area (Å²) in [6.45, 7) is 5.33. The van der Waals surface area contributed by atoms with Crippen molar-refractivity contribution in [2.24, 2.45) is 5.92 Å². The van der Waals surface area contributed by atoms with E-state index in [4.69, 9.17) is 25.8 Å². The van der Waals surface area contributed by atoms with E-state index >= 15 is 0 Å². The number of halogens is 1. The first-order chi connectivity index (χ1) is 20.0. The van der Waals surface area contributed by atoms with E-state index in [2.05, 4.69) is 9.62 Å². The normalized spacial score (nSPS) is 19.1. The van der Waals surface area contributed by atoms with Gasteiger partial charge in [-0.05, 0) is 74.1 Å². The largest absolute Gasteiger partial charge is 0.488 e. The molecule has 0 aliphatic carbocycles. The van der Waals surface area contributed by atoms with Crippen LogP contribution in [0.15, 0.2) is 65.6 Å². The van der Waals surface area contributed by atoms with E-state index in [1.54, 1.807) is 24.0 Å². The van der Waals surface area contributed by atoms with Gasteiger partial charge in [-0.1, -0.05) is 24.6 Å². The van der Waals surface area contributed by atoms with Gasteiger partial charge in [0.1, 0.15) is 11.9 Å². The number of sulfonamides is 1. The number of aliphatic hydroxyl groups excluding tert-OH is 1. The third-order valence-corrected chi connectivity index (χ3v) is 9.07. The number of aliphatic hydroxyl groups is 1. The number of likely N-dealkylation sites (N-methyl/N-ethyl adjacent to an activating group) is 1. The molecule has 1 amide bonds. The smallest absolute Gasteiger partial charge is 0.261 e. The molecule has 2 aliphatic heterocycles. The molecular formula is C30H34ClN3O7S. The number of amides is 1. The first-order valence-corrected chi connectivity index (χ1v) is 15.5. The first-order valence-electron chi connectivity index (χ1n) is 13.6. The highest BCUT2D eigenvalue weighted by atomic mass is 35.5. The van der Waals surface area contributed by atoms with Crippen LogP contribution in [0.3, 0.4) is 0 Å². The minimum absolute atomic E-state index is 0.0381. The van der Waals surface area contributed by atoms with Crippen molar-refractivity contribution >= 4 is 33.2 Å². The summed E-state index contributed by atoms with van der Waals surface area (Å²) in [7, 11) is -1.94. The van der Waals surface area contributed by atoms with Gasteiger partial charge < -0.3 is 24.2 Å². The van der Waals surface area contributed by atoms with Gasteiger partial charge in [-0.15, -0.1) is 0 Å². The van der Waals surface area contributed by atoms with Crippen LogP contribution in [0.1, 0.15) is 29.8 Å². The van der Waals surface area contributed by atoms with Crippen LogP contribution in [0.25, 0.3) is 0 Å². The van der Waals surface area contributed by atoms with Crippen molar-refractivity contribution in [2.75, 3.05) is 38.3 Å². The second kappa shape index (κ2) is 12.4. The number of benzene rings is 3. The second-order valence-corrected chi connectivity index (χ2v) is 12.9. The Hall–Kier alpha value is -3.51. The number of hydrogen-bond acceptors (Lipinski definition) is 8. The van der Waals surface area contributed by atoms with Crippen LogP contribution in [0.5, 0.6) is 17.2 Å². The second-order valence-electron chi connectivity index (χ2n) is 10.8. The molecule has 224 valence electrons. The van der Waals surface area contributed by atoms with Crippen LogP contribution in [-0.4, -0.2) is 74.9 Å². The average Bonchev–Trinajstić information content (AvgIpc) is 3.43. The molecule has 0 radical (unpaired) electrons. The van der Waals surface area contributed by atoms with Gasteiger partial charge in [0, 0.05) is 36.3 Å².